The van der Waals surface area contributed by atoms with Crippen LogP contribution in [-0.4, -0.2) is 71.8 Å². The number of thioether (sulfide) groups is 2. The number of fused-ring (bicyclic) bond motifs is 1. The highest BCUT2D eigenvalue weighted by Gasteiger charge is 2.54. The number of aromatic nitrogens is 1. The first-order valence-electron chi connectivity index (χ1n) is 8.57. The molecule has 2 atom stereocenters. The molecule has 3 rings (SSSR count). The van der Waals surface area contributed by atoms with Crippen molar-refractivity contribution in [1.29, 1.82) is 0 Å². The van der Waals surface area contributed by atoms with Crippen LogP contribution in [0.1, 0.15) is 12.6 Å². The SMILES string of the molecule is CC(/C=C/SC1=C(C(=O)O)N2C(=O)C(NC(=O)/C(=N\O)c3nc(N)sc3Br)[C@H]2SC1)=N\O. The number of aliphatic carboxylic acids is 1. The molecule has 0 saturated carbocycles. The van der Waals surface area contributed by atoms with Gasteiger partial charge in [0.2, 0.25) is 0 Å². The Morgan fingerprint density at radius 2 is 2.12 bits per heavy atom. The Labute approximate surface area is 201 Å². The van der Waals surface area contributed by atoms with Crippen molar-refractivity contribution in [2.24, 2.45) is 10.3 Å². The highest BCUT2D eigenvalue weighted by Crippen LogP contribution is 2.43. The smallest absolute Gasteiger partial charge is 0.353 e. The Bertz CT molecular complexity index is 1100. The third-order valence-electron chi connectivity index (χ3n) is 4.24. The van der Waals surface area contributed by atoms with Crippen LogP contribution < -0.4 is 11.1 Å². The number of thiazole rings is 1. The summed E-state index contributed by atoms with van der Waals surface area (Å²) in [5, 5.41) is 37.1. The van der Waals surface area contributed by atoms with Gasteiger partial charge in [0.1, 0.15) is 26.6 Å². The first kappa shape index (κ1) is 24.1. The minimum atomic E-state index is -1.28. The predicted octanol–water partition coefficient (Wildman–Crippen LogP) is 1.46. The van der Waals surface area contributed by atoms with E-state index >= 15 is 0 Å². The number of amides is 2. The fourth-order valence-corrected chi connectivity index (χ4v) is 6.53. The van der Waals surface area contributed by atoms with Crippen LogP contribution in [0.25, 0.3) is 0 Å². The van der Waals surface area contributed by atoms with Crippen LogP contribution in [0.3, 0.4) is 0 Å². The van der Waals surface area contributed by atoms with Crippen molar-refractivity contribution >= 4 is 85.1 Å². The number of carbonyl (C=O) groups is 3. The van der Waals surface area contributed by atoms with Crippen LogP contribution in [0.4, 0.5) is 5.13 Å². The van der Waals surface area contributed by atoms with Gasteiger partial charge in [0, 0.05) is 10.7 Å². The van der Waals surface area contributed by atoms with Gasteiger partial charge in [-0.2, -0.15) is 0 Å². The van der Waals surface area contributed by atoms with Gasteiger partial charge < -0.3 is 26.6 Å². The number of allylic oxidation sites excluding steroid dienone is 1. The zero-order valence-corrected chi connectivity index (χ0v) is 20.1. The van der Waals surface area contributed by atoms with Gasteiger partial charge in [-0.1, -0.05) is 33.4 Å². The summed E-state index contributed by atoms with van der Waals surface area (Å²) < 4.78 is 0.374. The molecule has 32 heavy (non-hydrogen) atoms. The van der Waals surface area contributed by atoms with Gasteiger partial charge in [0.05, 0.1) is 5.71 Å². The number of nitrogens with zero attached hydrogens (tertiary/aromatic N) is 4. The lowest BCUT2D eigenvalue weighted by Crippen LogP contribution is -2.71. The van der Waals surface area contributed by atoms with Crippen LogP contribution in [-0.2, 0) is 14.4 Å². The van der Waals surface area contributed by atoms with E-state index < -0.39 is 34.9 Å². The lowest BCUT2D eigenvalue weighted by Gasteiger charge is -2.49. The van der Waals surface area contributed by atoms with Gasteiger partial charge in [-0.3, -0.25) is 14.5 Å². The quantitative estimate of drug-likeness (QED) is 0.140. The third-order valence-corrected chi connectivity index (χ3v) is 8.13. The maximum absolute atomic E-state index is 12.7. The Morgan fingerprint density at radius 3 is 2.69 bits per heavy atom. The van der Waals surface area contributed by atoms with Gasteiger partial charge >= 0.3 is 5.97 Å². The topological polar surface area (TPSA) is 191 Å². The number of carboxylic acid groups (broad SMARTS) is 1. The zero-order chi connectivity index (χ0) is 23.6. The number of β-lactam (4-membered cyclic amide) rings is 1. The third kappa shape index (κ3) is 4.62. The lowest BCUT2D eigenvalue weighted by atomic mass is 10.0. The first-order chi connectivity index (χ1) is 15.2. The maximum atomic E-state index is 12.7. The molecule has 3 heterocycles. The molecule has 16 heteroatoms. The van der Waals surface area contributed by atoms with E-state index in [-0.39, 0.29) is 22.3 Å². The van der Waals surface area contributed by atoms with E-state index in [4.69, 9.17) is 10.9 Å². The largest absolute Gasteiger partial charge is 0.477 e. The molecule has 0 aliphatic carbocycles. The molecule has 0 spiro atoms. The summed E-state index contributed by atoms with van der Waals surface area (Å²) in [6.07, 6.45) is 1.49. The van der Waals surface area contributed by atoms with E-state index in [1.807, 2.05) is 0 Å². The maximum Gasteiger partial charge on any atom is 0.353 e. The second-order valence-electron chi connectivity index (χ2n) is 6.22. The highest BCUT2D eigenvalue weighted by molar-refractivity contribution is 9.11. The van der Waals surface area contributed by atoms with E-state index in [0.29, 0.717) is 14.4 Å². The fraction of sp³-hybridized carbons (Fsp3) is 0.250. The summed E-state index contributed by atoms with van der Waals surface area (Å²) in [6.45, 7) is 1.56. The van der Waals surface area contributed by atoms with Crippen LogP contribution in [0.5, 0.6) is 0 Å². The molecule has 170 valence electrons. The molecule has 0 aromatic carbocycles. The minimum Gasteiger partial charge on any atom is -0.477 e. The van der Waals surface area contributed by atoms with Crippen molar-refractivity contribution in [3.63, 3.8) is 0 Å². The zero-order valence-electron chi connectivity index (χ0n) is 16.1. The van der Waals surface area contributed by atoms with Crippen LogP contribution in [0, 0.1) is 0 Å². The number of hydrogen-bond acceptors (Lipinski definition) is 12. The fourth-order valence-electron chi connectivity index (χ4n) is 2.80. The molecule has 6 N–H and O–H groups in total. The number of halogens is 1. The molecule has 1 aromatic heterocycles. The van der Waals surface area contributed by atoms with Crippen molar-refractivity contribution in [2.45, 2.75) is 18.3 Å². The van der Waals surface area contributed by atoms with Crippen LogP contribution >= 0.6 is 50.8 Å². The number of oxime groups is 2. The van der Waals surface area contributed by atoms with Gasteiger partial charge in [0.25, 0.3) is 11.8 Å². The molecule has 0 radical (unpaired) electrons. The summed E-state index contributed by atoms with van der Waals surface area (Å²) in [4.78, 5) is 42.6. The Morgan fingerprint density at radius 1 is 1.41 bits per heavy atom. The van der Waals surface area contributed by atoms with Gasteiger partial charge in [-0.05, 0) is 34.3 Å². The monoisotopic (exact) mass is 562 g/mol. The molecular formula is C16H15BrN6O6S3. The van der Waals surface area contributed by atoms with E-state index in [9.17, 15) is 24.7 Å². The average molecular weight is 563 g/mol. The Balaban J connectivity index is 1.77. The number of nitrogens with two attached hydrogens (primary N) is 1. The molecule has 2 amide bonds. The number of nitrogen functional groups attached to an aromatic ring is 1. The molecule has 0 bridgehead atoms. The molecular weight excluding hydrogens is 548 g/mol. The molecule has 2 aliphatic rings. The molecule has 1 aromatic rings. The van der Waals surface area contributed by atoms with E-state index in [1.165, 1.54) is 17.8 Å². The van der Waals surface area contributed by atoms with Gasteiger partial charge in [0.15, 0.2) is 10.8 Å². The molecule has 1 saturated heterocycles. The molecule has 12 nitrogen and oxygen atoms in total. The van der Waals surface area contributed by atoms with E-state index in [0.717, 1.165) is 28.0 Å². The normalized spacial score (nSPS) is 21.6. The predicted molar refractivity (Wildman–Crippen MR) is 124 cm³/mol. The molecule has 1 fully saturated rings. The summed E-state index contributed by atoms with van der Waals surface area (Å²) in [5.41, 5.74) is 5.33. The standard InChI is InChI=1S/C16H15BrN6O6S3/c1-5(21-28)2-3-30-6-4-31-14-9(13(25)23(14)10(6)15(26)27)19-12(24)8(22-29)7-11(17)32-16(18)20-7/h2-3,9,14,28-29H,4H2,1H3,(H2,18,20)(H,19,24)(H,26,27)/b3-2+,21-5+,22-8-/t9?,14-/m1/s1. The number of carboxylic acids is 1. The second kappa shape index (κ2) is 9.93. The van der Waals surface area contributed by atoms with Crippen molar-refractivity contribution < 1.29 is 29.9 Å². The van der Waals surface area contributed by atoms with Crippen molar-refractivity contribution in [1.82, 2.24) is 15.2 Å². The average Bonchev–Trinajstić information content (AvgIpc) is 3.09. The summed E-state index contributed by atoms with van der Waals surface area (Å²) in [7, 11) is 0. The first-order valence-corrected chi connectivity index (χ1v) is 12.1. The Hall–Kier alpha value is -2.56. The van der Waals surface area contributed by atoms with Crippen LogP contribution in [0.15, 0.2) is 36.2 Å². The van der Waals surface area contributed by atoms with Crippen LogP contribution in [0.2, 0.25) is 0 Å². The number of nitrogens with one attached hydrogen (secondary N) is 1. The number of rotatable bonds is 7. The molecule has 2 aliphatic heterocycles. The van der Waals surface area contributed by atoms with E-state index in [1.54, 1.807) is 12.3 Å². The molecule has 1 unspecified atom stereocenters. The van der Waals surface area contributed by atoms with Crippen molar-refractivity contribution in [3.8, 4) is 0 Å². The van der Waals surface area contributed by atoms with E-state index in [2.05, 4.69) is 36.5 Å². The van der Waals surface area contributed by atoms with Gasteiger partial charge in [-0.15, -0.1) is 11.8 Å². The minimum absolute atomic E-state index is 0.0192. The number of hydrogen-bond donors (Lipinski definition) is 5. The summed E-state index contributed by atoms with van der Waals surface area (Å²) in [5.74, 6) is -2.48. The Kier molecular flexibility index (Phi) is 7.47. The summed E-state index contributed by atoms with van der Waals surface area (Å²) >= 11 is 6.58. The lowest BCUT2D eigenvalue weighted by molar-refractivity contribution is -0.150. The highest BCUT2D eigenvalue weighted by atomic mass is 79.9. The van der Waals surface area contributed by atoms with Crippen molar-refractivity contribution in [2.75, 3.05) is 11.5 Å². The van der Waals surface area contributed by atoms with Crippen molar-refractivity contribution in [3.05, 3.63) is 31.6 Å². The van der Waals surface area contributed by atoms with Gasteiger partial charge in [-0.25, -0.2) is 9.78 Å². The summed E-state index contributed by atoms with van der Waals surface area (Å²) in [6, 6.07) is -1.01. The second-order valence-corrected chi connectivity index (χ2v) is 10.7. The number of carbonyl (C=O) groups excluding carboxylic acids is 2. The number of anilines is 1.